The second-order valence-electron chi connectivity index (χ2n) is 4.60. The Morgan fingerprint density at radius 2 is 2.05 bits per heavy atom. The zero-order valence-electron chi connectivity index (χ0n) is 10.5. The van der Waals surface area contributed by atoms with Crippen LogP contribution in [0.3, 0.4) is 0 Å². The molecule has 5 nitrogen and oxygen atoms in total. The van der Waals surface area contributed by atoms with Crippen LogP contribution in [0, 0.1) is 5.92 Å². The molecule has 0 aromatic heterocycles. The highest BCUT2D eigenvalue weighted by Gasteiger charge is 2.27. The lowest BCUT2D eigenvalue weighted by atomic mass is 10.00. The number of carboxylic acids is 1. The lowest BCUT2D eigenvalue weighted by Crippen LogP contribution is -2.40. The number of carbonyl (C=O) groups excluding carboxylic acids is 1. The average Bonchev–Trinajstić information content (AvgIpc) is 2.46. The number of hydrogen-bond acceptors (Lipinski definition) is 3. The number of carboxylic acid groups (broad SMARTS) is 1. The number of hydrogen-bond donors (Lipinski definition) is 2. The summed E-state index contributed by atoms with van der Waals surface area (Å²) >= 11 is 0. The molecule has 1 unspecified atom stereocenters. The largest absolute Gasteiger partial charge is 0.479 e. The van der Waals surface area contributed by atoms with Crippen molar-refractivity contribution < 1.29 is 19.4 Å². The predicted molar refractivity (Wildman–Crippen MR) is 68.5 cm³/mol. The van der Waals surface area contributed by atoms with Gasteiger partial charge in [0.2, 0.25) is 5.91 Å². The van der Waals surface area contributed by atoms with Gasteiger partial charge in [0.1, 0.15) is 0 Å². The van der Waals surface area contributed by atoms with Crippen molar-refractivity contribution in [3.05, 3.63) is 35.9 Å². The second-order valence-corrected chi connectivity index (χ2v) is 4.60. The molecule has 0 radical (unpaired) electrons. The summed E-state index contributed by atoms with van der Waals surface area (Å²) in [6.45, 7) is 1.04. The minimum atomic E-state index is -1.06. The lowest BCUT2D eigenvalue weighted by Gasteiger charge is -2.23. The maximum absolute atomic E-state index is 12.0. The second kappa shape index (κ2) is 6.33. The highest BCUT2D eigenvalue weighted by molar-refractivity contribution is 5.85. The quantitative estimate of drug-likeness (QED) is 0.860. The Labute approximate surface area is 111 Å². The fourth-order valence-electron chi connectivity index (χ4n) is 2.14. The van der Waals surface area contributed by atoms with Gasteiger partial charge in [-0.05, 0) is 18.4 Å². The fraction of sp³-hybridized carbons (Fsp3) is 0.429. The fourth-order valence-corrected chi connectivity index (χ4v) is 2.14. The van der Waals surface area contributed by atoms with Gasteiger partial charge in [0.05, 0.1) is 12.5 Å². The molecule has 2 N–H and O–H groups in total. The van der Waals surface area contributed by atoms with Crippen LogP contribution in [0.4, 0.5) is 0 Å². The van der Waals surface area contributed by atoms with E-state index in [-0.39, 0.29) is 11.8 Å². The summed E-state index contributed by atoms with van der Waals surface area (Å²) in [4.78, 5) is 23.3. The van der Waals surface area contributed by atoms with Crippen LogP contribution in [-0.2, 0) is 14.3 Å². The van der Waals surface area contributed by atoms with Crippen LogP contribution in [0.25, 0.3) is 0 Å². The maximum Gasteiger partial charge on any atom is 0.330 e. The number of amides is 1. The number of nitrogens with one attached hydrogen (secondary N) is 1. The number of aliphatic carboxylic acids is 1. The number of rotatable bonds is 4. The molecule has 1 aliphatic heterocycles. The topological polar surface area (TPSA) is 75.6 Å². The average molecular weight is 263 g/mol. The monoisotopic (exact) mass is 263 g/mol. The summed E-state index contributed by atoms with van der Waals surface area (Å²) in [5.74, 6) is -1.56. The standard InChI is InChI=1S/C14H17NO4/c16-13(11-7-4-8-19-9-11)15-12(14(17)18)10-5-2-1-3-6-10/h1-3,5-6,11-12H,4,7-9H2,(H,15,16)(H,17,18)/t11?,12-/m0/s1. The van der Waals surface area contributed by atoms with E-state index in [9.17, 15) is 14.7 Å². The molecule has 0 bridgehead atoms. The van der Waals surface area contributed by atoms with Gasteiger partial charge in [0.15, 0.2) is 6.04 Å². The van der Waals surface area contributed by atoms with Gasteiger partial charge in [-0.2, -0.15) is 0 Å². The van der Waals surface area contributed by atoms with E-state index in [4.69, 9.17) is 4.74 Å². The molecule has 5 heteroatoms. The van der Waals surface area contributed by atoms with Crippen LogP contribution in [0.5, 0.6) is 0 Å². The summed E-state index contributed by atoms with van der Waals surface area (Å²) in [5.41, 5.74) is 0.570. The van der Waals surface area contributed by atoms with Gasteiger partial charge in [-0.25, -0.2) is 4.79 Å². The maximum atomic E-state index is 12.0. The molecule has 2 atom stereocenters. The zero-order chi connectivity index (χ0) is 13.7. The number of carbonyl (C=O) groups is 2. The molecule has 1 fully saturated rings. The van der Waals surface area contributed by atoms with Gasteiger partial charge in [0.25, 0.3) is 0 Å². The van der Waals surface area contributed by atoms with Crippen LogP contribution in [0.15, 0.2) is 30.3 Å². The van der Waals surface area contributed by atoms with Crippen molar-refractivity contribution in [1.29, 1.82) is 0 Å². The van der Waals surface area contributed by atoms with E-state index >= 15 is 0 Å². The molecular formula is C14H17NO4. The smallest absolute Gasteiger partial charge is 0.330 e. The number of ether oxygens (including phenoxy) is 1. The van der Waals surface area contributed by atoms with Crippen molar-refractivity contribution in [2.45, 2.75) is 18.9 Å². The molecule has 1 aliphatic rings. The predicted octanol–water partition coefficient (Wildman–Crippen LogP) is 1.36. The van der Waals surface area contributed by atoms with Crippen molar-refractivity contribution >= 4 is 11.9 Å². The Hall–Kier alpha value is -1.88. The first-order valence-corrected chi connectivity index (χ1v) is 6.34. The van der Waals surface area contributed by atoms with E-state index in [1.54, 1.807) is 30.3 Å². The van der Waals surface area contributed by atoms with Crippen molar-refractivity contribution in [2.24, 2.45) is 5.92 Å². The van der Waals surface area contributed by atoms with E-state index in [2.05, 4.69) is 5.32 Å². The third-order valence-electron chi connectivity index (χ3n) is 3.20. The first-order chi connectivity index (χ1) is 9.18. The van der Waals surface area contributed by atoms with Crippen LogP contribution in [-0.4, -0.2) is 30.2 Å². The van der Waals surface area contributed by atoms with Gasteiger partial charge >= 0.3 is 5.97 Å². The molecule has 1 aromatic carbocycles. The molecule has 1 aromatic rings. The minimum absolute atomic E-state index is 0.251. The van der Waals surface area contributed by atoms with E-state index < -0.39 is 12.0 Å². The van der Waals surface area contributed by atoms with Gasteiger partial charge in [-0.15, -0.1) is 0 Å². The van der Waals surface area contributed by atoms with E-state index in [0.29, 0.717) is 18.8 Å². The van der Waals surface area contributed by atoms with Crippen LogP contribution < -0.4 is 5.32 Å². The molecule has 0 aliphatic carbocycles. The highest BCUT2D eigenvalue weighted by atomic mass is 16.5. The van der Waals surface area contributed by atoms with E-state index in [1.807, 2.05) is 0 Å². The lowest BCUT2D eigenvalue weighted by molar-refractivity contribution is -0.143. The van der Waals surface area contributed by atoms with Crippen LogP contribution >= 0.6 is 0 Å². The Kier molecular flexibility index (Phi) is 4.52. The molecule has 102 valence electrons. The summed E-state index contributed by atoms with van der Waals surface area (Å²) in [5, 5.41) is 11.8. The Morgan fingerprint density at radius 1 is 1.32 bits per heavy atom. The minimum Gasteiger partial charge on any atom is -0.479 e. The Bertz CT molecular complexity index is 440. The molecule has 1 amide bonds. The Balaban J connectivity index is 2.04. The molecule has 1 saturated heterocycles. The van der Waals surface area contributed by atoms with E-state index in [0.717, 1.165) is 12.8 Å². The van der Waals surface area contributed by atoms with Crippen molar-refractivity contribution in [3.63, 3.8) is 0 Å². The van der Waals surface area contributed by atoms with Gasteiger partial charge < -0.3 is 15.2 Å². The molecule has 0 saturated carbocycles. The number of benzene rings is 1. The molecule has 0 spiro atoms. The Morgan fingerprint density at radius 3 is 2.63 bits per heavy atom. The summed E-state index contributed by atoms with van der Waals surface area (Å²) in [6.07, 6.45) is 1.58. The van der Waals surface area contributed by atoms with Crippen molar-refractivity contribution in [1.82, 2.24) is 5.32 Å². The summed E-state index contributed by atoms with van der Waals surface area (Å²) < 4.78 is 5.24. The first-order valence-electron chi connectivity index (χ1n) is 6.34. The SMILES string of the molecule is O=C(N[C@H](C(=O)O)c1ccccc1)C1CCCOC1. The molecule has 2 rings (SSSR count). The highest BCUT2D eigenvalue weighted by Crippen LogP contribution is 2.17. The van der Waals surface area contributed by atoms with Crippen molar-refractivity contribution in [2.75, 3.05) is 13.2 Å². The normalized spacial score (nSPS) is 20.5. The summed E-state index contributed by atoms with van der Waals surface area (Å²) in [7, 11) is 0. The molecular weight excluding hydrogens is 246 g/mol. The zero-order valence-corrected chi connectivity index (χ0v) is 10.5. The van der Waals surface area contributed by atoms with Crippen LogP contribution in [0.2, 0.25) is 0 Å². The van der Waals surface area contributed by atoms with Gasteiger partial charge in [-0.3, -0.25) is 4.79 Å². The first kappa shape index (κ1) is 13.5. The van der Waals surface area contributed by atoms with Gasteiger partial charge in [-0.1, -0.05) is 30.3 Å². The van der Waals surface area contributed by atoms with Crippen LogP contribution in [0.1, 0.15) is 24.4 Å². The third-order valence-corrected chi connectivity index (χ3v) is 3.20. The van der Waals surface area contributed by atoms with Crippen molar-refractivity contribution in [3.8, 4) is 0 Å². The molecule has 1 heterocycles. The van der Waals surface area contributed by atoms with E-state index in [1.165, 1.54) is 0 Å². The third kappa shape index (κ3) is 3.54. The van der Waals surface area contributed by atoms with Gasteiger partial charge in [0, 0.05) is 6.61 Å². The molecule has 19 heavy (non-hydrogen) atoms. The summed E-state index contributed by atoms with van der Waals surface area (Å²) in [6, 6.07) is 7.68.